The van der Waals surface area contributed by atoms with Crippen molar-refractivity contribution in [2.24, 2.45) is 11.7 Å². The Hall–Kier alpha value is -2.69. The summed E-state index contributed by atoms with van der Waals surface area (Å²) in [5, 5.41) is 22.7. The lowest BCUT2D eigenvalue weighted by molar-refractivity contribution is -0.143. The maximum atomic E-state index is 12.8. The minimum atomic E-state index is -1.19. The van der Waals surface area contributed by atoms with Crippen molar-refractivity contribution in [1.82, 2.24) is 15.5 Å². The Bertz CT molecular complexity index is 667. The van der Waals surface area contributed by atoms with E-state index < -0.39 is 53.8 Å². The number of carboxylic acid groups (broad SMARTS) is 2. The molecule has 30 heavy (non-hydrogen) atoms. The van der Waals surface area contributed by atoms with Gasteiger partial charge in [-0.1, -0.05) is 13.8 Å². The maximum Gasteiger partial charge on any atom is 0.325 e. The Morgan fingerprint density at radius 1 is 1.10 bits per heavy atom. The van der Waals surface area contributed by atoms with Gasteiger partial charge in [0.1, 0.15) is 18.1 Å². The van der Waals surface area contributed by atoms with Crippen LogP contribution in [0.1, 0.15) is 52.9 Å². The fourth-order valence-electron chi connectivity index (χ4n) is 3.27. The van der Waals surface area contributed by atoms with Crippen LogP contribution < -0.4 is 16.4 Å². The number of nitrogens with zero attached hydrogens (tertiary/aromatic N) is 1. The molecule has 3 amide bonds. The van der Waals surface area contributed by atoms with Gasteiger partial charge in [-0.05, 0) is 38.5 Å². The highest BCUT2D eigenvalue weighted by Crippen LogP contribution is 2.20. The van der Waals surface area contributed by atoms with E-state index >= 15 is 0 Å². The molecular weight excluding hydrogens is 396 g/mol. The molecule has 1 rings (SSSR count). The number of hydrogen-bond donors (Lipinski definition) is 5. The van der Waals surface area contributed by atoms with Crippen LogP contribution in [0.25, 0.3) is 0 Å². The fraction of sp³-hybridized carbons (Fsp3) is 0.737. The van der Waals surface area contributed by atoms with Crippen LogP contribution in [0, 0.1) is 5.92 Å². The molecule has 1 aliphatic heterocycles. The van der Waals surface area contributed by atoms with Crippen LogP contribution in [0.3, 0.4) is 0 Å². The van der Waals surface area contributed by atoms with Crippen molar-refractivity contribution in [2.75, 3.05) is 6.54 Å². The van der Waals surface area contributed by atoms with Gasteiger partial charge >= 0.3 is 11.9 Å². The first kappa shape index (κ1) is 25.3. The van der Waals surface area contributed by atoms with E-state index in [4.69, 9.17) is 15.9 Å². The maximum absolute atomic E-state index is 12.8. The molecule has 0 bridgehead atoms. The van der Waals surface area contributed by atoms with Crippen molar-refractivity contribution in [3.63, 3.8) is 0 Å². The lowest BCUT2D eigenvalue weighted by Gasteiger charge is -2.29. The zero-order valence-corrected chi connectivity index (χ0v) is 17.6. The number of aliphatic carboxylic acids is 2. The van der Waals surface area contributed by atoms with Gasteiger partial charge in [0.25, 0.3) is 0 Å². The van der Waals surface area contributed by atoms with Gasteiger partial charge in [0.05, 0.1) is 6.04 Å². The van der Waals surface area contributed by atoms with E-state index in [1.807, 2.05) is 13.8 Å². The van der Waals surface area contributed by atoms with Crippen molar-refractivity contribution in [1.29, 1.82) is 0 Å². The van der Waals surface area contributed by atoms with Crippen LogP contribution in [0.2, 0.25) is 0 Å². The molecule has 1 fully saturated rings. The molecule has 6 N–H and O–H groups in total. The Morgan fingerprint density at radius 3 is 2.27 bits per heavy atom. The van der Waals surface area contributed by atoms with Gasteiger partial charge in [-0.25, -0.2) is 0 Å². The van der Waals surface area contributed by atoms with Crippen molar-refractivity contribution >= 4 is 29.7 Å². The molecular formula is C19H32N4O7. The SMILES string of the molecule is CC(C)CC(NC(=O)C1CCCN1C(=O)C(N)CCC(=O)O)C(=O)NC(C)C(=O)O. The first-order chi connectivity index (χ1) is 13.9. The van der Waals surface area contributed by atoms with E-state index in [2.05, 4.69) is 10.6 Å². The van der Waals surface area contributed by atoms with Crippen LogP contribution in [0.4, 0.5) is 0 Å². The largest absolute Gasteiger partial charge is 0.481 e. The van der Waals surface area contributed by atoms with Crippen molar-refractivity contribution in [2.45, 2.75) is 77.0 Å². The zero-order chi connectivity index (χ0) is 23.0. The molecule has 0 radical (unpaired) electrons. The van der Waals surface area contributed by atoms with Crippen molar-refractivity contribution < 1.29 is 34.2 Å². The molecule has 1 heterocycles. The predicted octanol–water partition coefficient (Wildman–Crippen LogP) is -0.710. The summed E-state index contributed by atoms with van der Waals surface area (Å²) in [6.07, 6.45) is 0.973. The molecule has 4 atom stereocenters. The number of nitrogens with one attached hydrogen (secondary N) is 2. The summed E-state index contributed by atoms with van der Waals surface area (Å²) in [5.41, 5.74) is 5.80. The lowest BCUT2D eigenvalue weighted by atomic mass is 10.0. The number of amides is 3. The summed E-state index contributed by atoms with van der Waals surface area (Å²) in [6.45, 7) is 5.36. The van der Waals surface area contributed by atoms with E-state index in [-0.39, 0.29) is 18.8 Å². The molecule has 11 nitrogen and oxygen atoms in total. The standard InChI is InChI=1S/C19H32N4O7/c1-10(2)9-13(16(26)21-11(3)19(29)30)22-17(27)14-5-4-8-23(14)18(28)12(20)6-7-15(24)25/h10-14H,4-9,20H2,1-3H3,(H,21,26)(H,22,27)(H,24,25)(H,29,30). The van der Waals surface area contributed by atoms with Gasteiger partial charge in [-0.3, -0.25) is 24.0 Å². The van der Waals surface area contributed by atoms with Crippen LogP contribution in [0.5, 0.6) is 0 Å². The van der Waals surface area contributed by atoms with E-state index in [1.54, 1.807) is 0 Å². The second-order valence-corrected chi connectivity index (χ2v) is 7.99. The first-order valence-electron chi connectivity index (χ1n) is 10.0. The molecule has 1 saturated heterocycles. The Morgan fingerprint density at radius 2 is 1.73 bits per heavy atom. The third-order valence-corrected chi connectivity index (χ3v) is 4.89. The zero-order valence-electron chi connectivity index (χ0n) is 17.6. The van der Waals surface area contributed by atoms with E-state index in [9.17, 15) is 24.0 Å². The summed E-state index contributed by atoms with van der Waals surface area (Å²) in [6, 6.07) is -3.90. The molecule has 0 saturated carbocycles. The second kappa shape index (κ2) is 11.5. The summed E-state index contributed by atoms with van der Waals surface area (Å²) in [7, 11) is 0. The predicted molar refractivity (Wildman–Crippen MR) is 106 cm³/mol. The molecule has 170 valence electrons. The van der Waals surface area contributed by atoms with Gasteiger partial charge in [0.2, 0.25) is 17.7 Å². The van der Waals surface area contributed by atoms with Gasteiger partial charge in [0.15, 0.2) is 0 Å². The summed E-state index contributed by atoms with van der Waals surface area (Å²) in [5.74, 6) is -3.84. The van der Waals surface area contributed by atoms with Gasteiger partial charge < -0.3 is 31.5 Å². The smallest absolute Gasteiger partial charge is 0.325 e. The van der Waals surface area contributed by atoms with Gasteiger partial charge in [-0.15, -0.1) is 0 Å². The lowest BCUT2D eigenvalue weighted by Crippen LogP contribution is -2.56. The number of likely N-dealkylation sites (tertiary alicyclic amines) is 1. The quantitative estimate of drug-likeness (QED) is 0.286. The molecule has 0 spiro atoms. The summed E-state index contributed by atoms with van der Waals surface area (Å²) >= 11 is 0. The molecule has 11 heteroatoms. The minimum Gasteiger partial charge on any atom is -0.481 e. The van der Waals surface area contributed by atoms with Crippen molar-refractivity contribution in [3.8, 4) is 0 Å². The van der Waals surface area contributed by atoms with E-state index in [1.165, 1.54) is 11.8 Å². The third kappa shape index (κ3) is 7.62. The number of carboxylic acids is 2. The Balaban J connectivity index is 2.83. The van der Waals surface area contributed by atoms with Crippen LogP contribution in [-0.2, 0) is 24.0 Å². The third-order valence-electron chi connectivity index (χ3n) is 4.89. The second-order valence-electron chi connectivity index (χ2n) is 7.99. The fourth-order valence-corrected chi connectivity index (χ4v) is 3.27. The average Bonchev–Trinajstić information content (AvgIpc) is 3.14. The van der Waals surface area contributed by atoms with Crippen LogP contribution >= 0.6 is 0 Å². The highest BCUT2D eigenvalue weighted by Gasteiger charge is 2.37. The Labute approximate surface area is 175 Å². The van der Waals surface area contributed by atoms with E-state index in [0.717, 1.165) is 0 Å². The van der Waals surface area contributed by atoms with E-state index in [0.29, 0.717) is 25.8 Å². The normalized spacial score (nSPS) is 19.1. The average molecular weight is 428 g/mol. The van der Waals surface area contributed by atoms with Gasteiger partial charge in [-0.2, -0.15) is 0 Å². The summed E-state index contributed by atoms with van der Waals surface area (Å²) < 4.78 is 0. The molecule has 0 aromatic carbocycles. The number of hydrogen-bond acceptors (Lipinski definition) is 6. The molecule has 0 aromatic rings. The van der Waals surface area contributed by atoms with Crippen LogP contribution in [-0.4, -0.2) is 75.5 Å². The minimum absolute atomic E-state index is 0.0372. The highest BCUT2D eigenvalue weighted by molar-refractivity contribution is 5.94. The number of carbonyl (C=O) groups is 5. The Kier molecular flexibility index (Phi) is 9.70. The topological polar surface area (TPSA) is 179 Å². The first-order valence-corrected chi connectivity index (χ1v) is 10.0. The molecule has 0 aliphatic carbocycles. The summed E-state index contributed by atoms with van der Waals surface area (Å²) in [4.78, 5) is 60.9. The number of rotatable bonds is 11. The number of carbonyl (C=O) groups excluding carboxylic acids is 3. The monoisotopic (exact) mass is 428 g/mol. The van der Waals surface area contributed by atoms with Crippen LogP contribution in [0.15, 0.2) is 0 Å². The van der Waals surface area contributed by atoms with Gasteiger partial charge in [0, 0.05) is 13.0 Å². The van der Waals surface area contributed by atoms with Crippen molar-refractivity contribution in [3.05, 3.63) is 0 Å². The molecule has 1 aliphatic rings. The molecule has 0 aromatic heterocycles. The highest BCUT2D eigenvalue weighted by atomic mass is 16.4. The number of nitrogens with two attached hydrogens (primary N) is 1. The molecule has 4 unspecified atom stereocenters.